The molecule has 1 saturated heterocycles. The molecule has 2 atom stereocenters. The molecular weight excluding hydrogens is 327 g/mol. The van der Waals surface area contributed by atoms with E-state index in [0.29, 0.717) is 12.3 Å². The fraction of sp³-hybridized carbons (Fsp3) is 0.273. The number of pyridine rings is 1. The molecule has 1 fully saturated rings. The first-order valence-electron chi connectivity index (χ1n) is 9.11. The summed E-state index contributed by atoms with van der Waals surface area (Å²) in [7, 11) is 0. The predicted molar refractivity (Wildman–Crippen MR) is 98.3 cm³/mol. The molecule has 5 rings (SSSR count). The summed E-state index contributed by atoms with van der Waals surface area (Å²) >= 11 is 0. The van der Waals surface area contributed by atoms with E-state index >= 15 is 0 Å². The summed E-state index contributed by atoms with van der Waals surface area (Å²) in [6.07, 6.45) is 4.10. The Morgan fingerprint density at radius 3 is 2.88 bits per heavy atom. The summed E-state index contributed by atoms with van der Waals surface area (Å²) in [4.78, 5) is 19.4. The standard InChI is InChI=1S/C22H19FN2O/c23-17-5-6-20-16(11-17)9-14(13-24-20)10-22(26)25-8-7-15-12-21(25)19-4-2-1-3-18(15)19/h1-6,9,11,13,15,21H,7-8,10,12H2/t15-,21-/m0/s1. The summed E-state index contributed by atoms with van der Waals surface area (Å²) in [6, 6.07) is 15.1. The van der Waals surface area contributed by atoms with Crippen molar-refractivity contribution in [3.05, 3.63) is 77.2 Å². The number of hydrogen-bond donors (Lipinski definition) is 0. The number of halogens is 1. The highest BCUT2D eigenvalue weighted by Gasteiger charge is 2.40. The maximum atomic E-state index is 13.5. The first-order valence-corrected chi connectivity index (χ1v) is 9.11. The Hall–Kier alpha value is -2.75. The van der Waals surface area contributed by atoms with E-state index in [9.17, 15) is 9.18 Å². The number of aromatic nitrogens is 1. The highest BCUT2D eigenvalue weighted by atomic mass is 19.1. The van der Waals surface area contributed by atoms with Gasteiger partial charge in [-0.2, -0.15) is 0 Å². The number of likely N-dealkylation sites (tertiary alicyclic amines) is 1. The zero-order valence-corrected chi connectivity index (χ0v) is 14.4. The van der Waals surface area contributed by atoms with E-state index in [2.05, 4.69) is 29.2 Å². The molecule has 1 aliphatic heterocycles. The zero-order chi connectivity index (χ0) is 17.7. The molecule has 4 heteroatoms. The Balaban J connectivity index is 1.41. The van der Waals surface area contributed by atoms with Gasteiger partial charge in [-0.15, -0.1) is 0 Å². The Morgan fingerprint density at radius 2 is 2.00 bits per heavy atom. The Morgan fingerprint density at radius 1 is 1.15 bits per heavy atom. The second-order valence-electron chi connectivity index (χ2n) is 7.31. The minimum atomic E-state index is -0.285. The van der Waals surface area contributed by atoms with Gasteiger partial charge in [0.2, 0.25) is 5.91 Å². The molecule has 1 amide bonds. The van der Waals surface area contributed by atoms with Gasteiger partial charge in [0, 0.05) is 18.1 Å². The molecule has 2 heterocycles. The maximum absolute atomic E-state index is 13.5. The fourth-order valence-electron chi connectivity index (χ4n) is 4.55. The number of carbonyl (C=O) groups is 1. The van der Waals surface area contributed by atoms with Crippen molar-refractivity contribution in [3.8, 4) is 0 Å². The van der Waals surface area contributed by atoms with Crippen molar-refractivity contribution in [1.82, 2.24) is 9.88 Å². The smallest absolute Gasteiger partial charge is 0.227 e. The van der Waals surface area contributed by atoms with Crippen LogP contribution in [0.2, 0.25) is 0 Å². The van der Waals surface area contributed by atoms with E-state index in [0.717, 1.165) is 35.9 Å². The molecule has 26 heavy (non-hydrogen) atoms. The van der Waals surface area contributed by atoms with E-state index < -0.39 is 0 Å². The Bertz CT molecular complexity index is 1020. The van der Waals surface area contributed by atoms with Crippen LogP contribution >= 0.6 is 0 Å². The number of benzene rings is 2. The normalized spacial score (nSPS) is 21.0. The Kier molecular flexibility index (Phi) is 3.52. The van der Waals surface area contributed by atoms with Crippen LogP contribution in [0, 0.1) is 5.82 Å². The number of fused-ring (bicyclic) bond motifs is 6. The van der Waals surface area contributed by atoms with Crippen LogP contribution in [0.25, 0.3) is 10.9 Å². The average Bonchev–Trinajstić information content (AvgIpc) is 2.94. The van der Waals surface area contributed by atoms with Gasteiger partial charge < -0.3 is 4.90 Å². The highest BCUT2D eigenvalue weighted by Crippen LogP contribution is 2.48. The van der Waals surface area contributed by atoms with Crippen LogP contribution in [0.3, 0.4) is 0 Å². The number of hydrogen-bond acceptors (Lipinski definition) is 2. The number of rotatable bonds is 2. The third-order valence-corrected chi connectivity index (χ3v) is 5.77. The third-order valence-electron chi connectivity index (χ3n) is 5.77. The minimum absolute atomic E-state index is 0.128. The molecule has 2 aliphatic rings. The molecule has 0 unspecified atom stereocenters. The summed E-state index contributed by atoms with van der Waals surface area (Å²) < 4.78 is 13.5. The maximum Gasteiger partial charge on any atom is 0.227 e. The fourth-order valence-corrected chi connectivity index (χ4v) is 4.55. The van der Waals surface area contributed by atoms with E-state index in [4.69, 9.17) is 0 Å². The Labute approximate surface area is 151 Å². The summed E-state index contributed by atoms with van der Waals surface area (Å²) in [5.74, 6) is 0.431. The second-order valence-corrected chi connectivity index (χ2v) is 7.31. The first kappa shape index (κ1) is 15.5. The largest absolute Gasteiger partial charge is 0.335 e. The van der Waals surface area contributed by atoms with Gasteiger partial charge in [0.1, 0.15) is 5.82 Å². The summed E-state index contributed by atoms with van der Waals surface area (Å²) in [5, 5.41) is 0.736. The number of amides is 1. The van der Waals surface area contributed by atoms with E-state index in [1.165, 1.54) is 23.3 Å². The van der Waals surface area contributed by atoms with Gasteiger partial charge in [0.15, 0.2) is 0 Å². The van der Waals surface area contributed by atoms with Gasteiger partial charge in [-0.05, 0) is 59.7 Å². The number of carbonyl (C=O) groups excluding carboxylic acids is 1. The summed E-state index contributed by atoms with van der Waals surface area (Å²) in [5.41, 5.74) is 4.30. The lowest BCUT2D eigenvalue weighted by molar-refractivity contribution is -0.134. The van der Waals surface area contributed by atoms with Gasteiger partial charge in [0.25, 0.3) is 0 Å². The van der Waals surface area contributed by atoms with Gasteiger partial charge in [-0.25, -0.2) is 4.39 Å². The molecule has 2 bridgehead atoms. The molecule has 0 spiro atoms. The molecule has 0 radical (unpaired) electrons. The SMILES string of the molecule is O=C(Cc1cnc2ccc(F)cc2c1)N1CC[C@H]2C[C@H]1c1ccccc12. The van der Waals surface area contributed by atoms with Crippen LogP contribution in [0.1, 0.15) is 41.5 Å². The molecule has 0 N–H and O–H groups in total. The van der Waals surface area contributed by atoms with Crippen LogP contribution < -0.4 is 0 Å². The van der Waals surface area contributed by atoms with Crippen LogP contribution in [-0.4, -0.2) is 22.3 Å². The van der Waals surface area contributed by atoms with Crippen LogP contribution in [-0.2, 0) is 11.2 Å². The lowest BCUT2D eigenvalue weighted by atomic mass is 9.95. The monoisotopic (exact) mass is 346 g/mol. The lowest BCUT2D eigenvalue weighted by Gasteiger charge is -2.34. The van der Waals surface area contributed by atoms with Crippen LogP contribution in [0.4, 0.5) is 4.39 Å². The van der Waals surface area contributed by atoms with E-state index in [1.54, 1.807) is 12.3 Å². The van der Waals surface area contributed by atoms with Gasteiger partial charge in [-0.3, -0.25) is 9.78 Å². The minimum Gasteiger partial charge on any atom is -0.335 e. The van der Waals surface area contributed by atoms with Crippen LogP contribution in [0.5, 0.6) is 0 Å². The molecule has 130 valence electrons. The van der Waals surface area contributed by atoms with Crippen molar-refractivity contribution in [1.29, 1.82) is 0 Å². The van der Waals surface area contributed by atoms with Gasteiger partial charge >= 0.3 is 0 Å². The molecule has 1 aliphatic carbocycles. The quantitative estimate of drug-likeness (QED) is 0.690. The zero-order valence-electron chi connectivity index (χ0n) is 14.4. The van der Waals surface area contributed by atoms with E-state index in [-0.39, 0.29) is 17.8 Å². The molecule has 3 nitrogen and oxygen atoms in total. The van der Waals surface area contributed by atoms with Crippen molar-refractivity contribution in [2.75, 3.05) is 6.54 Å². The molecule has 3 aromatic rings. The van der Waals surface area contributed by atoms with Crippen molar-refractivity contribution in [3.63, 3.8) is 0 Å². The van der Waals surface area contributed by atoms with Gasteiger partial charge in [0.05, 0.1) is 18.0 Å². The number of piperidine rings is 1. The second kappa shape index (κ2) is 5.90. The van der Waals surface area contributed by atoms with E-state index in [1.807, 2.05) is 11.0 Å². The molecule has 2 aromatic carbocycles. The summed E-state index contributed by atoms with van der Waals surface area (Å²) in [6.45, 7) is 0.804. The molecule has 0 saturated carbocycles. The van der Waals surface area contributed by atoms with Crippen molar-refractivity contribution in [2.24, 2.45) is 0 Å². The topological polar surface area (TPSA) is 33.2 Å². The van der Waals surface area contributed by atoms with Crippen LogP contribution in [0.15, 0.2) is 54.7 Å². The molecular formula is C22H19FN2O. The third kappa shape index (κ3) is 2.48. The average molecular weight is 346 g/mol. The van der Waals surface area contributed by atoms with Crippen molar-refractivity contribution >= 4 is 16.8 Å². The molecule has 1 aromatic heterocycles. The predicted octanol–water partition coefficient (Wildman–Crippen LogP) is 4.38. The first-order chi connectivity index (χ1) is 12.7. The number of nitrogens with zero attached hydrogens (tertiary/aromatic N) is 2. The van der Waals surface area contributed by atoms with Gasteiger partial charge in [-0.1, -0.05) is 24.3 Å². The lowest BCUT2D eigenvalue weighted by Crippen LogP contribution is -2.38. The van der Waals surface area contributed by atoms with Crippen molar-refractivity contribution < 1.29 is 9.18 Å². The highest BCUT2D eigenvalue weighted by molar-refractivity contribution is 5.83. The van der Waals surface area contributed by atoms with Crippen molar-refractivity contribution in [2.45, 2.75) is 31.2 Å².